The van der Waals surface area contributed by atoms with Crippen LogP contribution in [0.1, 0.15) is 12.0 Å². The number of nitrogens with one attached hydrogen (secondary N) is 2. The zero-order chi connectivity index (χ0) is 17.9. The second-order valence-electron chi connectivity index (χ2n) is 5.36. The minimum absolute atomic E-state index is 0.233. The molecule has 0 spiro atoms. The van der Waals surface area contributed by atoms with E-state index in [2.05, 4.69) is 15.6 Å². The summed E-state index contributed by atoms with van der Waals surface area (Å²) in [7, 11) is 3.35. The van der Waals surface area contributed by atoms with Gasteiger partial charge in [0.05, 0.1) is 13.7 Å². The van der Waals surface area contributed by atoms with Crippen molar-refractivity contribution < 1.29 is 13.9 Å². The summed E-state index contributed by atoms with van der Waals surface area (Å²) in [5.41, 5.74) is 0.993. The van der Waals surface area contributed by atoms with Crippen LogP contribution in [-0.4, -0.2) is 33.3 Å². The minimum Gasteiger partial charge on any atom is -0.497 e. The Hall–Kier alpha value is -2.76. The Labute approximate surface area is 147 Å². The average Bonchev–Trinajstić information content (AvgIpc) is 2.65. The van der Waals surface area contributed by atoms with Crippen molar-refractivity contribution in [2.75, 3.05) is 27.3 Å². The number of guanidine groups is 1. The highest BCUT2D eigenvalue weighted by atomic mass is 19.1. The molecule has 0 saturated carbocycles. The van der Waals surface area contributed by atoms with Gasteiger partial charge < -0.3 is 20.1 Å². The molecule has 2 N–H and O–H groups in total. The van der Waals surface area contributed by atoms with Gasteiger partial charge in [-0.05, 0) is 48.4 Å². The lowest BCUT2D eigenvalue weighted by Crippen LogP contribution is -2.37. The van der Waals surface area contributed by atoms with Gasteiger partial charge in [0.2, 0.25) is 0 Å². The molecule has 0 radical (unpaired) electrons. The van der Waals surface area contributed by atoms with E-state index >= 15 is 0 Å². The third-order valence-corrected chi connectivity index (χ3v) is 3.54. The Morgan fingerprint density at radius 3 is 2.32 bits per heavy atom. The molecule has 2 aromatic carbocycles. The molecule has 0 amide bonds. The van der Waals surface area contributed by atoms with Crippen molar-refractivity contribution in [2.24, 2.45) is 4.99 Å². The number of aliphatic imine (C=N–C) groups is 1. The number of halogens is 1. The molecule has 0 aliphatic rings. The Morgan fingerprint density at radius 2 is 1.68 bits per heavy atom. The molecule has 2 aromatic rings. The van der Waals surface area contributed by atoms with Crippen molar-refractivity contribution in [2.45, 2.75) is 13.0 Å². The summed E-state index contributed by atoms with van der Waals surface area (Å²) in [5.74, 6) is 2.10. The Kier molecular flexibility index (Phi) is 7.56. The number of methoxy groups -OCH3 is 1. The van der Waals surface area contributed by atoms with Crippen molar-refractivity contribution in [3.63, 3.8) is 0 Å². The van der Waals surface area contributed by atoms with E-state index in [-0.39, 0.29) is 5.82 Å². The van der Waals surface area contributed by atoms with E-state index in [0.717, 1.165) is 30.0 Å². The highest BCUT2D eigenvalue weighted by molar-refractivity contribution is 5.79. The molecule has 5 nitrogen and oxygen atoms in total. The van der Waals surface area contributed by atoms with E-state index in [1.807, 2.05) is 24.3 Å². The predicted octanol–water partition coefficient (Wildman–Crippen LogP) is 2.97. The standard InChI is InChI=1S/C19H24FN3O2/c1-21-19(23-14-15-4-6-16(20)7-5-15)22-12-3-13-25-18-10-8-17(24-2)9-11-18/h4-11H,3,12-14H2,1-2H3,(H2,21,22,23). The monoisotopic (exact) mass is 345 g/mol. The molecule has 0 unspecified atom stereocenters. The van der Waals surface area contributed by atoms with Crippen molar-refractivity contribution in [1.82, 2.24) is 10.6 Å². The number of rotatable bonds is 8. The van der Waals surface area contributed by atoms with Crippen LogP contribution in [-0.2, 0) is 6.54 Å². The van der Waals surface area contributed by atoms with Gasteiger partial charge in [0.15, 0.2) is 5.96 Å². The Morgan fingerprint density at radius 1 is 1.00 bits per heavy atom. The van der Waals surface area contributed by atoms with E-state index in [1.165, 1.54) is 12.1 Å². The first kappa shape index (κ1) is 18.6. The molecule has 0 aliphatic carbocycles. The van der Waals surface area contributed by atoms with Crippen molar-refractivity contribution in [3.8, 4) is 11.5 Å². The van der Waals surface area contributed by atoms with Crippen LogP contribution in [0, 0.1) is 5.82 Å². The number of hydrogen-bond donors (Lipinski definition) is 2. The summed E-state index contributed by atoms with van der Waals surface area (Å²) < 4.78 is 23.7. The Bertz CT molecular complexity index is 657. The zero-order valence-corrected chi connectivity index (χ0v) is 14.6. The van der Waals surface area contributed by atoms with Gasteiger partial charge in [-0.3, -0.25) is 4.99 Å². The largest absolute Gasteiger partial charge is 0.497 e. The third kappa shape index (κ3) is 6.71. The maximum absolute atomic E-state index is 12.9. The van der Waals surface area contributed by atoms with E-state index in [4.69, 9.17) is 9.47 Å². The van der Waals surface area contributed by atoms with Crippen LogP contribution < -0.4 is 20.1 Å². The maximum Gasteiger partial charge on any atom is 0.191 e. The summed E-state index contributed by atoms with van der Waals surface area (Å²) in [6.45, 7) is 1.93. The van der Waals surface area contributed by atoms with Gasteiger partial charge in [0.1, 0.15) is 17.3 Å². The number of benzene rings is 2. The smallest absolute Gasteiger partial charge is 0.191 e. The van der Waals surface area contributed by atoms with Crippen molar-refractivity contribution in [1.29, 1.82) is 0 Å². The summed E-state index contributed by atoms with van der Waals surface area (Å²) in [5, 5.41) is 6.41. The van der Waals surface area contributed by atoms with Crippen LogP contribution in [0.5, 0.6) is 11.5 Å². The van der Waals surface area contributed by atoms with Crippen LogP contribution in [0.3, 0.4) is 0 Å². The maximum atomic E-state index is 12.9. The fourth-order valence-corrected chi connectivity index (χ4v) is 2.15. The minimum atomic E-state index is -0.233. The summed E-state index contributed by atoms with van der Waals surface area (Å²) in [4.78, 5) is 4.16. The summed E-state index contributed by atoms with van der Waals surface area (Å²) in [6.07, 6.45) is 0.837. The quantitative estimate of drug-likeness (QED) is 0.439. The van der Waals surface area contributed by atoms with Crippen molar-refractivity contribution in [3.05, 3.63) is 59.9 Å². The number of ether oxygens (including phenoxy) is 2. The molecule has 0 fully saturated rings. The average molecular weight is 345 g/mol. The third-order valence-electron chi connectivity index (χ3n) is 3.54. The molecule has 2 rings (SSSR count). The van der Waals surface area contributed by atoms with Crippen molar-refractivity contribution >= 4 is 5.96 Å². The van der Waals surface area contributed by atoms with Gasteiger partial charge in [-0.25, -0.2) is 4.39 Å². The van der Waals surface area contributed by atoms with E-state index < -0.39 is 0 Å². The summed E-state index contributed by atoms with van der Waals surface area (Å²) in [6, 6.07) is 13.9. The van der Waals surface area contributed by atoms with Gasteiger partial charge in [-0.1, -0.05) is 12.1 Å². The molecule has 0 aromatic heterocycles. The first-order chi connectivity index (χ1) is 12.2. The van der Waals surface area contributed by atoms with Gasteiger partial charge in [0.25, 0.3) is 0 Å². The number of hydrogen-bond acceptors (Lipinski definition) is 3. The van der Waals surface area contributed by atoms with Crippen LogP contribution in [0.25, 0.3) is 0 Å². The van der Waals surface area contributed by atoms with Crippen LogP contribution in [0.4, 0.5) is 4.39 Å². The van der Waals surface area contributed by atoms with Gasteiger partial charge in [-0.2, -0.15) is 0 Å². The van der Waals surface area contributed by atoms with E-state index in [0.29, 0.717) is 19.1 Å². The van der Waals surface area contributed by atoms with Gasteiger partial charge in [-0.15, -0.1) is 0 Å². The molecule has 0 bridgehead atoms. The van der Waals surface area contributed by atoms with Crippen LogP contribution in [0.15, 0.2) is 53.5 Å². The lowest BCUT2D eigenvalue weighted by atomic mass is 10.2. The topological polar surface area (TPSA) is 54.9 Å². The van der Waals surface area contributed by atoms with E-state index in [1.54, 1.807) is 26.3 Å². The molecule has 0 atom stereocenters. The van der Waals surface area contributed by atoms with Crippen LogP contribution in [0.2, 0.25) is 0 Å². The summed E-state index contributed by atoms with van der Waals surface area (Å²) >= 11 is 0. The molecule has 6 heteroatoms. The normalized spacial score (nSPS) is 11.1. The molecule has 0 saturated heterocycles. The molecule has 134 valence electrons. The van der Waals surface area contributed by atoms with E-state index in [9.17, 15) is 4.39 Å². The molecule has 25 heavy (non-hydrogen) atoms. The van der Waals surface area contributed by atoms with Gasteiger partial charge >= 0.3 is 0 Å². The second kappa shape index (κ2) is 10.2. The predicted molar refractivity (Wildman–Crippen MR) is 97.7 cm³/mol. The molecule has 0 heterocycles. The first-order valence-electron chi connectivity index (χ1n) is 8.17. The highest BCUT2D eigenvalue weighted by Gasteiger charge is 1.99. The first-order valence-corrected chi connectivity index (χ1v) is 8.17. The fourth-order valence-electron chi connectivity index (χ4n) is 2.15. The second-order valence-corrected chi connectivity index (χ2v) is 5.36. The fraction of sp³-hybridized carbons (Fsp3) is 0.316. The van der Waals surface area contributed by atoms with Gasteiger partial charge in [0, 0.05) is 20.1 Å². The SMILES string of the molecule is CN=C(NCCCOc1ccc(OC)cc1)NCc1ccc(F)cc1. The molecular formula is C19H24FN3O2. The van der Waals surface area contributed by atoms with Crippen LogP contribution >= 0.6 is 0 Å². The highest BCUT2D eigenvalue weighted by Crippen LogP contribution is 2.16. The number of nitrogens with zero attached hydrogens (tertiary/aromatic N) is 1. The Balaban J connectivity index is 1.62. The lowest BCUT2D eigenvalue weighted by Gasteiger charge is -2.12. The molecular weight excluding hydrogens is 321 g/mol. The zero-order valence-electron chi connectivity index (χ0n) is 14.6. The molecule has 0 aliphatic heterocycles. The lowest BCUT2D eigenvalue weighted by molar-refractivity contribution is 0.310.